The van der Waals surface area contributed by atoms with E-state index >= 15 is 0 Å². The highest BCUT2D eigenvalue weighted by Gasteiger charge is 2.09. The highest BCUT2D eigenvalue weighted by atomic mass is 32.1. The smallest absolute Gasteiger partial charge is 0.159 e. The summed E-state index contributed by atoms with van der Waals surface area (Å²) < 4.78 is 0. The first kappa shape index (κ1) is 18.6. The molecule has 0 unspecified atom stereocenters. The van der Waals surface area contributed by atoms with Gasteiger partial charge in [0, 0.05) is 28.4 Å². The zero-order valence-corrected chi connectivity index (χ0v) is 16.0. The molecule has 0 amide bonds. The standard InChI is InChI=1S/C22H19N3OS/c1-3-16-4-6-18(7-5-16)21-14-27-22(25-21)19(12-23)13-24-20-10-8-17(9-11-20)15(2)26/h4-11,13-14,24H,3H2,1-2H3. The number of aromatic nitrogens is 1. The van der Waals surface area contributed by atoms with Gasteiger partial charge in [0.1, 0.15) is 16.6 Å². The number of Topliss-reactive ketones (excluding diaryl/α,β-unsaturated/α-hetero) is 1. The third kappa shape index (κ3) is 4.49. The van der Waals surface area contributed by atoms with Gasteiger partial charge < -0.3 is 5.32 Å². The van der Waals surface area contributed by atoms with Crippen molar-refractivity contribution >= 4 is 28.4 Å². The number of hydrogen-bond donors (Lipinski definition) is 1. The molecule has 0 aliphatic carbocycles. The maximum absolute atomic E-state index is 11.3. The van der Waals surface area contributed by atoms with Crippen LogP contribution in [0.5, 0.6) is 0 Å². The summed E-state index contributed by atoms with van der Waals surface area (Å²) in [7, 11) is 0. The highest BCUT2D eigenvalue weighted by Crippen LogP contribution is 2.26. The molecule has 3 aromatic rings. The number of hydrogen-bond acceptors (Lipinski definition) is 5. The number of benzene rings is 2. The topological polar surface area (TPSA) is 65.8 Å². The third-order valence-corrected chi connectivity index (χ3v) is 5.06. The Kier molecular flexibility index (Phi) is 5.80. The molecule has 4 nitrogen and oxygen atoms in total. The number of nitrogens with one attached hydrogen (secondary N) is 1. The summed E-state index contributed by atoms with van der Waals surface area (Å²) in [4.78, 5) is 15.9. The average Bonchev–Trinajstić information content (AvgIpc) is 3.19. The maximum atomic E-state index is 11.3. The SMILES string of the molecule is CCc1ccc(-c2csc(C(C#N)=CNc3ccc(C(C)=O)cc3)n2)cc1. The van der Waals surface area contributed by atoms with E-state index in [0.29, 0.717) is 16.1 Å². The molecule has 0 spiro atoms. The Morgan fingerprint density at radius 1 is 1.19 bits per heavy atom. The molecule has 134 valence electrons. The van der Waals surface area contributed by atoms with Gasteiger partial charge in [0.05, 0.1) is 5.69 Å². The molecule has 1 N–H and O–H groups in total. The number of aryl methyl sites for hydroxylation is 1. The van der Waals surface area contributed by atoms with E-state index in [0.717, 1.165) is 23.4 Å². The second kappa shape index (κ2) is 8.43. The number of nitrogens with zero attached hydrogens (tertiary/aromatic N) is 2. The van der Waals surface area contributed by atoms with E-state index in [9.17, 15) is 10.1 Å². The van der Waals surface area contributed by atoms with E-state index < -0.39 is 0 Å². The minimum atomic E-state index is 0.0251. The first-order valence-corrected chi connectivity index (χ1v) is 9.51. The number of thiazole rings is 1. The van der Waals surface area contributed by atoms with Crippen molar-refractivity contribution < 1.29 is 4.79 Å². The quantitative estimate of drug-likeness (QED) is 0.454. The number of anilines is 1. The van der Waals surface area contributed by atoms with Crippen LogP contribution in [0.3, 0.4) is 0 Å². The molecular weight excluding hydrogens is 354 g/mol. The Morgan fingerprint density at radius 3 is 2.48 bits per heavy atom. The zero-order valence-electron chi connectivity index (χ0n) is 15.2. The fraction of sp³-hybridized carbons (Fsp3) is 0.136. The van der Waals surface area contributed by atoms with Crippen molar-refractivity contribution in [3.8, 4) is 17.3 Å². The molecule has 0 radical (unpaired) electrons. The Bertz CT molecular complexity index is 1010. The van der Waals surface area contributed by atoms with Gasteiger partial charge in [0.15, 0.2) is 5.78 Å². The van der Waals surface area contributed by atoms with E-state index in [4.69, 9.17) is 0 Å². The normalized spacial score (nSPS) is 11.1. The van der Waals surface area contributed by atoms with Crippen LogP contribution in [0, 0.1) is 11.3 Å². The van der Waals surface area contributed by atoms with E-state index in [1.54, 1.807) is 18.3 Å². The second-order valence-electron chi connectivity index (χ2n) is 6.04. The van der Waals surface area contributed by atoms with Gasteiger partial charge in [-0.15, -0.1) is 11.3 Å². The number of allylic oxidation sites excluding steroid dienone is 1. The van der Waals surface area contributed by atoms with Gasteiger partial charge in [0.2, 0.25) is 0 Å². The van der Waals surface area contributed by atoms with Crippen LogP contribution in [0.4, 0.5) is 5.69 Å². The predicted octanol–water partition coefficient (Wildman–Crippen LogP) is 5.55. The van der Waals surface area contributed by atoms with Crippen LogP contribution in [-0.2, 0) is 6.42 Å². The Morgan fingerprint density at radius 2 is 1.89 bits per heavy atom. The number of rotatable bonds is 6. The number of ketones is 1. The second-order valence-corrected chi connectivity index (χ2v) is 6.89. The molecule has 2 aromatic carbocycles. The average molecular weight is 373 g/mol. The van der Waals surface area contributed by atoms with Crippen molar-refractivity contribution in [2.24, 2.45) is 0 Å². The molecule has 5 heteroatoms. The molecule has 0 aliphatic rings. The van der Waals surface area contributed by atoms with Crippen LogP contribution < -0.4 is 5.32 Å². The van der Waals surface area contributed by atoms with Crippen molar-refractivity contribution in [2.75, 3.05) is 5.32 Å². The Balaban J connectivity index is 1.77. The molecule has 0 aliphatic heterocycles. The lowest BCUT2D eigenvalue weighted by Crippen LogP contribution is -1.94. The van der Waals surface area contributed by atoms with Crippen LogP contribution >= 0.6 is 11.3 Å². The molecule has 0 fully saturated rings. The van der Waals surface area contributed by atoms with E-state index in [2.05, 4.69) is 47.6 Å². The third-order valence-electron chi connectivity index (χ3n) is 4.19. The lowest BCUT2D eigenvalue weighted by Gasteiger charge is -2.02. The molecule has 27 heavy (non-hydrogen) atoms. The van der Waals surface area contributed by atoms with Crippen LogP contribution in [0.1, 0.15) is 34.8 Å². The first-order valence-electron chi connectivity index (χ1n) is 8.63. The predicted molar refractivity (Wildman–Crippen MR) is 111 cm³/mol. The van der Waals surface area contributed by atoms with Crippen LogP contribution in [-0.4, -0.2) is 10.8 Å². The molecule has 0 bridgehead atoms. The van der Waals surface area contributed by atoms with Crippen molar-refractivity contribution in [2.45, 2.75) is 20.3 Å². The van der Waals surface area contributed by atoms with Gasteiger partial charge in [0.25, 0.3) is 0 Å². The molecular formula is C22H19N3OS. The van der Waals surface area contributed by atoms with Crippen LogP contribution in [0.2, 0.25) is 0 Å². The van der Waals surface area contributed by atoms with Crippen LogP contribution in [0.25, 0.3) is 16.8 Å². The van der Waals surface area contributed by atoms with E-state index in [1.165, 1.54) is 23.8 Å². The van der Waals surface area contributed by atoms with Gasteiger partial charge in [-0.25, -0.2) is 4.98 Å². The Labute approximate surface area is 162 Å². The van der Waals surface area contributed by atoms with Crippen molar-refractivity contribution in [3.63, 3.8) is 0 Å². The lowest BCUT2D eigenvalue weighted by atomic mass is 10.1. The summed E-state index contributed by atoms with van der Waals surface area (Å²) >= 11 is 1.44. The van der Waals surface area contributed by atoms with Crippen LogP contribution in [0.15, 0.2) is 60.1 Å². The summed E-state index contributed by atoms with van der Waals surface area (Å²) in [6.45, 7) is 3.66. The molecule has 3 rings (SSSR count). The van der Waals surface area contributed by atoms with Gasteiger partial charge in [-0.3, -0.25) is 4.79 Å². The number of carbonyl (C=O) groups is 1. The fourth-order valence-corrected chi connectivity index (χ4v) is 3.33. The van der Waals surface area contributed by atoms with Gasteiger partial charge in [-0.2, -0.15) is 5.26 Å². The number of carbonyl (C=O) groups excluding carboxylic acids is 1. The highest BCUT2D eigenvalue weighted by molar-refractivity contribution is 7.11. The summed E-state index contributed by atoms with van der Waals surface area (Å²) in [5.74, 6) is 0.0251. The van der Waals surface area contributed by atoms with Gasteiger partial charge in [-0.05, 0) is 43.2 Å². The van der Waals surface area contributed by atoms with Crippen molar-refractivity contribution in [1.29, 1.82) is 5.26 Å². The lowest BCUT2D eigenvalue weighted by molar-refractivity contribution is 0.101. The first-order chi connectivity index (χ1) is 13.1. The van der Waals surface area contributed by atoms with Crippen molar-refractivity contribution in [3.05, 3.63) is 76.2 Å². The fourth-order valence-electron chi connectivity index (χ4n) is 2.54. The zero-order chi connectivity index (χ0) is 19.2. The Hall–Kier alpha value is -3.23. The molecule has 1 aromatic heterocycles. The summed E-state index contributed by atoms with van der Waals surface area (Å²) in [6.07, 6.45) is 2.65. The molecule has 0 atom stereocenters. The van der Waals surface area contributed by atoms with Gasteiger partial charge >= 0.3 is 0 Å². The molecule has 1 heterocycles. The summed E-state index contributed by atoms with van der Waals surface area (Å²) in [5, 5.41) is 15.2. The summed E-state index contributed by atoms with van der Waals surface area (Å²) in [5.41, 5.74) is 5.12. The van der Waals surface area contributed by atoms with E-state index in [1.807, 2.05) is 17.5 Å². The van der Waals surface area contributed by atoms with Gasteiger partial charge in [-0.1, -0.05) is 31.2 Å². The monoisotopic (exact) mass is 373 g/mol. The maximum Gasteiger partial charge on any atom is 0.159 e. The molecule has 0 saturated carbocycles. The van der Waals surface area contributed by atoms with Crippen molar-refractivity contribution in [1.82, 2.24) is 4.98 Å². The minimum Gasteiger partial charge on any atom is -0.360 e. The minimum absolute atomic E-state index is 0.0251. The number of nitriles is 1. The largest absolute Gasteiger partial charge is 0.360 e. The molecule has 0 saturated heterocycles. The summed E-state index contributed by atoms with van der Waals surface area (Å²) in [6, 6.07) is 17.6. The van der Waals surface area contributed by atoms with E-state index in [-0.39, 0.29) is 5.78 Å².